The molecular weight excluding hydrogens is 276 g/mol. The standard InChI is InChI=1S/C15H21ClN2O2/c16-14-6-2-1-5-13(14)15(19)17-7-3-4-8-18-9-11-20-12-10-18/h1-2,5-6H,3-4,7-12H2,(H,17,19). The van der Waals surface area contributed by atoms with Crippen LogP contribution in [0.4, 0.5) is 0 Å². The van der Waals surface area contributed by atoms with E-state index in [-0.39, 0.29) is 5.91 Å². The van der Waals surface area contributed by atoms with E-state index in [2.05, 4.69) is 10.2 Å². The molecule has 0 unspecified atom stereocenters. The van der Waals surface area contributed by atoms with Crippen molar-refractivity contribution in [3.05, 3.63) is 34.9 Å². The van der Waals surface area contributed by atoms with Gasteiger partial charge in [-0.2, -0.15) is 0 Å². The summed E-state index contributed by atoms with van der Waals surface area (Å²) in [5.74, 6) is -0.0954. The second-order valence-electron chi connectivity index (χ2n) is 4.90. The van der Waals surface area contributed by atoms with E-state index in [9.17, 15) is 4.79 Å². The first-order valence-corrected chi connectivity index (χ1v) is 7.48. The summed E-state index contributed by atoms with van der Waals surface area (Å²) in [6, 6.07) is 7.11. The molecule has 1 heterocycles. The number of hydrogen-bond donors (Lipinski definition) is 1. The van der Waals surface area contributed by atoms with Gasteiger partial charge in [-0.05, 0) is 31.5 Å². The van der Waals surface area contributed by atoms with E-state index in [0.717, 1.165) is 45.7 Å². The van der Waals surface area contributed by atoms with E-state index in [4.69, 9.17) is 16.3 Å². The van der Waals surface area contributed by atoms with Crippen LogP contribution in [-0.2, 0) is 4.74 Å². The molecule has 0 saturated carbocycles. The van der Waals surface area contributed by atoms with Crippen LogP contribution in [-0.4, -0.2) is 50.2 Å². The monoisotopic (exact) mass is 296 g/mol. The molecule has 1 aliphatic heterocycles. The van der Waals surface area contributed by atoms with E-state index in [1.807, 2.05) is 12.1 Å². The zero-order chi connectivity index (χ0) is 14.2. The highest BCUT2D eigenvalue weighted by molar-refractivity contribution is 6.33. The summed E-state index contributed by atoms with van der Waals surface area (Å²) in [5, 5.41) is 3.41. The van der Waals surface area contributed by atoms with Crippen molar-refractivity contribution < 1.29 is 9.53 Å². The van der Waals surface area contributed by atoms with Gasteiger partial charge in [0.05, 0.1) is 23.8 Å². The van der Waals surface area contributed by atoms with Gasteiger partial charge < -0.3 is 10.1 Å². The smallest absolute Gasteiger partial charge is 0.252 e. The fourth-order valence-corrected chi connectivity index (χ4v) is 2.45. The zero-order valence-electron chi connectivity index (χ0n) is 11.6. The third kappa shape index (κ3) is 4.78. The lowest BCUT2D eigenvalue weighted by Crippen LogP contribution is -2.37. The molecule has 1 amide bonds. The molecule has 0 bridgehead atoms. The van der Waals surface area contributed by atoms with Crippen LogP contribution in [0.5, 0.6) is 0 Å². The second-order valence-corrected chi connectivity index (χ2v) is 5.30. The van der Waals surface area contributed by atoms with Gasteiger partial charge in [-0.15, -0.1) is 0 Å². The van der Waals surface area contributed by atoms with Crippen molar-refractivity contribution in [3.63, 3.8) is 0 Å². The third-order valence-corrected chi connectivity index (χ3v) is 3.74. The summed E-state index contributed by atoms with van der Waals surface area (Å²) in [6.07, 6.45) is 2.07. The maximum absolute atomic E-state index is 11.9. The minimum atomic E-state index is -0.0954. The van der Waals surface area contributed by atoms with Crippen molar-refractivity contribution in [2.24, 2.45) is 0 Å². The number of ether oxygens (including phenoxy) is 1. The van der Waals surface area contributed by atoms with Crippen molar-refractivity contribution in [1.29, 1.82) is 0 Å². The van der Waals surface area contributed by atoms with Gasteiger partial charge in [0.1, 0.15) is 0 Å². The zero-order valence-corrected chi connectivity index (χ0v) is 12.4. The Morgan fingerprint density at radius 1 is 1.25 bits per heavy atom. The maximum Gasteiger partial charge on any atom is 0.252 e. The van der Waals surface area contributed by atoms with E-state index in [1.54, 1.807) is 12.1 Å². The molecule has 0 aromatic heterocycles. The largest absolute Gasteiger partial charge is 0.379 e. The Bertz CT molecular complexity index is 434. The molecule has 4 nitrogen and oxygen atoms in total. The average molecular weight is 297 g/mol. The number of rotatable bonds is 6. The van der Waals surface area contributed by atoms with E-state index in [1.165, 1.54) is 0 Å². The van der Waals surface area contributed by atoms with Crippen LogP contribution in [0.2, 0.25) is 5.02 Å². The fourth-order valence-electron chi connectivity index (χ4n) is 2.23. The highest BCUT2D eigenvalue weighted by Crippen LogP contribution is 2.14. The molecular formula is C15H21ClN2O2. The van der Waals surface area contributed by atoms with Crippen molar-refractivity contribution >= 4 is 17.5 Å². The molecule has 2 rings (SSSR count). The molecule has 110 valence electrons. The highest BCUT2D eigenvalue weighted by Gasteiger charge is 2.10. The van der Waals surface area contributed by atoms with Gasteiger partial charge >= 0.3 is 0 Å². The van der Waals surface area contributed by atoms with E-state index < -0.39 is 0 Å². The minimum Gasteiger partial charge on any atom is -0.379 e. The first-order chi connectivity index (χ1) is 9.77. The molecule has 5 heteroatoms. The number of benzene rings is 1. The van der Waals surface area contributed by atoms with Gasteiger partial charge in [-0.1, -0.05) is 23.7 Å². The summed E-state index contributed by atoms with van der Waals surface area (Å²) < 4.78 is 5.31. The molecule has 1 aromatic carbocycles. The molecule has 0 radical (unpaired) electrons. The maximum atomic E-state index is 11.9. The summed E-state index contributed by atoms with van der Waals surface area (Å²) in [4.78, 5) is 14.3. The average Bonchev–Trinajstić information content (AvgIpc) is 2.48. The SMILES string of the molecule is O=C(NCCCCN1CCOCC1)c1ccccc1Cl. The van der Waals surface area contributed by atoms with Crippen LogP contribution < -0.4 is 5.32 Å². The van der Waals surface area contributed by atoms with Crippen LogP contribution in [0.1, 0.15) is 23.2 Å². The Hall–Kier alpha value is -1.10. The molecule has 20 heavy (non-hydrogen) atoms. The van der Waals surface area contributed by atoms with Gasteiger partial charge in [0, 0.05) is 19.6 Å². The number of hydrogen-bond acceptors (Lipinski definition) is 3. The normalized spacial score (nSPS) is 16.1. The molecule has 1 aliphatic rings. The number of carbonyl (C=O) groups excluding carboxylic acids is 1. The van der Waals surface area contributed by atoms with E-state index >= 15 is 0 Å². The molecule has 0 aliphatic carbocycles. The van der Waals surface area contributed by atoms with E-state index in [0.29, 0.717) is 17.1 Å². The van der Waals surface area contributed by atoms with Gasteiger partial charge in [-0.3, -0.25) is 9.69 Å². The molecule has 1 fully saturated rings. The Labute approximate surface area is 125 Å². The number of nitrogens with zero attached hydrogens (tertiary/aromatic N) is 1. The lowest BCUT2D eigenvalue weighted by atomic mass is 10.2. The van der Waals surface area contributed by atoms with Crippen LogP contribution >= 0.6 is 11.6 Å². The van der Waals surface area contributed by atoms with Crippen LogP contribution in [0, 0.1) is 0 Å². The van der Waals surface area contributed by atoms with Gasteiger partial charge in [0.15, 0.2) is 0 Å². The summed E-state index contributed by atoms with van der Waals surface area (Å²) in [5.41, 5.74) is 0.544. The molecule has 1 aromatic rings. The second kappa shape index (κ2) is 8.25. The summed E-state index contributed by atoms with van der Waals surface area (Å²) in [7, 11) is 0. The summed E-state index contributed by atoms with van der Waals surface area (Å²) in [6.45, 7) is 5.48. The van der Waals surface area contributed by atoms with Gasteiger partial charge in [0.25, 0.3) is 5.91 Å². The van der Waals surface area contributed by atoms with Crippen molar-refractivity contribution in [2.75, 3.05) is 39.4 Å². The van der Waals surface area contributed by atoms with Crippen molar-refractivity contribution in [3.8, 4) is 0 Å². The molecule has 1 saturated heterocycles. The lowest BCUT2D eigenvalue weighted by Gasteiger charge is -2.26. The Balaban J connectivity index is 1.61. The number of unbranched alkanes of at least 4 members (excludes halogenated alkanes) is 1. The van der Waals surface area contributed by atoms with Crippen LogP contribution in [0.3, 0.4) is 0 Å². The van der Waals surface area contributed by atoms with Crippen molar-refractivity contribution in [1.82, 2.24) is 10.2 Å². The third-order valence-electron chi connectivity index (χ3n) is 3.41. The Morgan fingerprint density at radius 3 is 2.75 bits per heavy atom. The lowest BCUT2D eigenvalue weighted by molar-refractivity contribution is 0.0372. The number of morpholine rings is 1. The van der Waals surface area contributed by atoms with Gasteiger partial charge in [-0.25, -0.2) is 0 Å². The van der Waals surface area contributed by atoms with Crippen LogP contribution in [0.15, 0.2) is 24.3 Å². The number of amides is 1. The first-order valence-electron chi connectivity index (χ1n) is 7.10. The number of carbonyl (C=O) groups is 1. The van der Waals surface area contributed by atoms with Gasteiger partial charge in [0.2, 0.25) is 0 Å². The highest BCUT2D eigenvalue weighted by atomic mass is 35.5. The Morgan fingerprint density at radius 2 is 2.00 bits per heavy atom. The molecule has 1 N–H and O–H groups in total. The predicted octanol–water partition coefficient (Wildman–Crippen LogP) is 2.18. The quantitative estimate of drug-likeness (QED) is 0.818. The summed E-state index contributed by atoms with van der Waals surface area (Å²) >= 11 is 5.98. The first kappa shape index (κ1) is 15.3. The van der Waals surface area contributed by atoms with Crippen LogP contribution in [0.25, 0.3) is 0 Å². The Kier molecular flexibility index (Phi) is 6.30. The number of halogens is 1. The molecule has 0 spiro atoms. The minimum absolute atomic E-state index is 0.0954. The van der Waals surface area contributed by atoms with Crippen molar-refractivity contribution in [2.45, 2.75) is 12.8 Å². The number of nitrogens with one attached hydrogen (secondary N) is 1. The molecule has 0 atom stereocenters. The fraction of sp³-hybridized carbons (Fsp3) is 0.533. The predicted molar refractivity (Wildman–Crippen MR) is 80.3 cm³/mol. The topological polar surface area (TPSA) is 41.6 Å².